The molecule has 1 aromatic rings. The SMILES string of the molecule is O=C(CCOc1ccccc1)NC1(CBr)CCOCC1. The summed E-state index contributed by atoms with van der Waals surface area (Å²) in [6, 6.07) is 9.53. The Hall–Kier alpha value is -1.07. The third kappa shape index (κ3) is 4.49. The highest BCUT2D eigenvalue weighted by Gasteiger charge is 2.32. The summed E-state index contributed by atoms with van der Waals surface area (Å²) in [5, 5.41) is 3.88. The zero-order valence-electron chi connectivity index (χ0n) is 11.4. The summed E-state index contributed by atoms with van der Waals surface area (Å²) < 4.78 is 10.9. The molecule has 1 amide bonds. The van der Waals surface area contributed by atoms with Crippen LogP contribution in [0.3, 0.4) is 0 Å². The summed E-state index contributed by atoms with van der Waals surface area (Å²) in [4.78, 5) is 12.0. The van der Waals surface area contributed by atoms with Crippen molar-refractivity contribution < 1.29 is 14.3 Å². The number of para-hydroxylation sites is 1. The predicted molar refractivity (Wildman–Crippen MR) is 81.3 cm³/mol. The zero-order valence-corrected chi connectivity index (χ0v) is 13.0. The van der Waals surface area contributed by atoms with Crippen LogP contribution < -0.4 is 10.1 Å². The number of hydrogen-bond donors (Lipinski definition) is 1. The summed E-state index contributed by atoms with van der Waals surface area (Å²) in [6.07, 6.45) is 2.07. The van der Waals surface area contributed by atoms with Crippen LogP contribution in [0.1, 0.15) is 19.3 Å². The molecule has 20 heavy (non-hydrogen) atoms. The highest BCUT2D eigenvalue weighted by atomic mass is 79.9. The number of halogens is 1. The molecule has 0 radical (unpaired) electrons. The Morgan fingerprint density at radius 1 is 1.30 bits per heavy atom. The molecule has 1 N–H and O–H groups in total. The highest BCUT2D eigenvalue weighted by Crippen LogP contribution is 2.23. The largest absolute Gasteiger partial charge is 0.493 e. The van der Waals surface area contributed by atoms with Crippen LogP contribution in [0.15, 0.2) is 30.3 Å². The Labute approximate surface area is 128 Å². The Kier molecular flexibility index (Phi) is 5.86. The van der Waals surface area contributed by atoms with Crippen molar-refractivity contribution >= 4 is 21.8 Å². The van der Waals surface area contributed by atoms with Gasteiger partial charge >= 0.3 is 0 Å². The predicted octanol–water partition coefficient (Wildman–Crippen LogP) is 2.52. The van der Waals surface area contributed by atoms with Gasteiger partial charge in [0, 0.05) is 18.5 Å². The maximum Gasteiger partial charge on any atom is 0.223 e. The molecule has 0 saturated carbocycles. The van der Waals surface area contributed by atoms with Crippen molar-refractivity contribution in [2.75, 3.05) is 25.2 Å². The number of carbonyl (C=O) groups excluding carboxylic acids is 1. The number of amides is 1. The van der Waals surface area contributed by atoms with Crippen LogP contribution in [-0.4, -0.2) is 36.6 Å². The third-order valence-corrected chi connectivity index (χ3v) is 4.52. The Balaban J connectivity index is 1.74. The van der Waals surface area contributed by atoms with E-state index in [0.717, 1.165) is 23.9 Å². The fourth-order valence-electron chi connectivity index (χ4n) is 2.19. The maximum absolute atomic E-state index is 12.0. The van der Waals surface area contributed by atoms with Crippen LogP contribution in [0.5, 0.6) is 5.75 Å². The second-order valence-corrected chi connectivity index (χ2v) is 5.55. The lowest BCUT2D eigenvalue weighted by Crippen LogP contribution is -2.53. The van der Waals surface area contributed by atoms with Crippen molar-refractivity contribution in [3.05, 3.63) is 30.3 Å². The van der Waals surface area contributed by atoms with Gasteiger partial charge in [-0.1, -0.05) is 34.1 Å². The number of carbonyl (C=O) groups is 1. The monoisotopic (exact) mass is 341 g/mol. The van der Waals surface area contributed by atoms with Gasteiger partial charge in [0.1, 0.15) is 5.75 Å². The number of benzene rings is 1. The van der Waals surface area contributed by atoms with Crippen molar-refractivity contribution in [2.24, 2.45) is 0 Å². The van der Waals surface area contributed by atoms with E-state index < -0.39 is 0 Å². The van der Waals surface area contributed by atoms with Crippen LogP contribution in [0.2, 0.25) is 0 Å². The molecule has 0 aromatic heterocycles. The van der Waals surface area contributed by atoms with E-state index in [1.165, 1.54) is 0 Å². The van der Waals surface area contributed by atoms with E-state index in [0.29, 0.717) is 26.2 Å². The Morgan fingerprint density at radius 3 is 2.65 bits per heavy atom. The molecule has 0 spiro atoms. The minimum atomic E-state index is -0.165. The van der Waals surface area contributed by atoms with Gasteiger partial charge in [-0.05, 0) is 25.0 Å². The van der Waals surface area contributed by atoms with E-state index in [2.05, 4.69) is 21.2 Å². The van der Waals surface area contributed by atoms with Gasteiger partial charge in [-0.2, -0.15) is 0 Å². The number of hydrogen-bond acceptors (Lipinski definition) is 3. The average molecular weight is 342 g/mol. The third-order valence-electron chi connectivity index (χ3n) is 3.45. The summed E-state index contributed by atoms with van der Waals surface area (Å²) in [7, 11) is 0. The maximum atomic E-state index is 12.0. The fraction of sp³-hybridized carbons (Fsp3) is 0.533. The van der Waals surface area contributed by atoms with Crippen LogP contribution in [0, 0.1) is 0 Å². The Bertz CT molecular complexity index is 418. The van der Waals surface area contributed by atoms with Gasteiger partial charge in [0.25, 0.3) is 0 Å². The molecule has 1 aromatic carbocycles. The van der Waals surface area contributed by atoms with Crippen molar-refractivity contribution in [1.29, 1.82) is 0 Å². The van der Waals surface area contributed by atoms with E-state index >= 15 is 0 Å². The first-order valence-electron chi connectivity index (χ1n) is 6.87. The van der Waals surface area contributed by atoms with Gasteiger partial charge in [-0.25, -0.2) is 0 Å². The van der Waals surface area contributed by atoms with Crippen molar-refractivity contribution in [3.63, 3.8) is 0 Å². The van der Waals surface area contributed by atoms with Gasteiger partial charge in [-0.3, -0.25) is 4.79 Å². The number of nitrogens with one attached hydrogen (secondary N) is 1. The molecule has 0 unspecified atom stereocenters. The number of alkyl halides is 1. The topological polar surface area (TPSA) is 47.6 Å². The summed E-state index contributed by atoms with van der Waals surface area (Å²) in [6.45, 7) is 1.80. The summed E-state index contributed by atoms with van der Waals surface area (Å²) >= 11 is 3.50. The highest BCUT2D eigenvalue weighted by molar-refractivity contribution is 9.09. The van der Waals surface area contributed by atoms with Crippen molar-refractivity contribution in [1.82, 2.24) is 5.32 Å². The zero-order chi connectivity index (χ0) is 14.3. The minimum Gasteiger partial charge on any atom is -0.493 e. The van der Waals surface area contributed by atoms with Crippen molar-refractivity contribution in [3.8, 4) is 5.75 Å². The van der Waals surface area contributed by atoms with Gasteiger partial charge < -0.3 is 14.8 Å². The lowest BCUT2D eigenvalue weighted by atomic mass is 9.92. The lowest BCUT2D eigenvalue weighted by molar-refractivity contribution is -0.124. The fourth-order valence-corrected chi connectivity index (χ4v) is 2.89. The summed E-state index contributed by atoms with van der Waals surface area (Å²) in [5.41, 5.74) is -0.165. The second kappa shape index (κ2) is 7.64. The molecule has 1 aliphatic rings. The van der Waals surface area contributed by atoms with Crippen LogP contribution in [0.25, 0.3) is 0 Å². The molecule has 1 fully saturated rings. The molecule has 0 aliphatic carbocycles. The second-order valence-electron chi connectivity index (χ2n) is 4.99. The van der Waals surface area contributed by atoms with E-state index in [-0.39, 0.29) is 11.4 Å². The standard InChI is InChI=1S/C15H20BrNO3/c16-12-15(7-10-19-11-8-15)17-14(18)6-9-20-13-4-2-1-3-5-13/h1-5H,6-12H2,(H,17,18). The molecule has 2 rings (SSSR count). The van der Waals surface area contributed by atoms with Crippen molar-refractivity contribution in [2.45, 2.75) is 24.8 Å². The first-order chi connectivity index (χ1) is 9.74. The van der Waals surface area contributed by atoms with Gasteiger partial charge in [0.15, 0.2) is 0 Å². The van der Waals surface area contributed by atoms with Crippen LogP contribution in [-0.2, 0) is 9.53 Å². The quantitative estimate of drug-likeness (QED) is 0.808. The normalized spacial score (nSPS) is 17.4. The smallest absolute Gasteiger partial charge is 0.223 e. The Morgan fingerprint density at radius 2 is 2.00 bits per heavy atom. The summed E-state index contributed by atoms with van der Waals surface area (Å²) in [5.74, 6) is 0.823. The number of ether oxygens (including phenoxy) is 2. The average Bonchev–Trinajstić information content (AvgIpc) is 2.49. The number of rotatable bonds is 6. The molecular weight excluding hydrogens is 322 g/mol. The van der Waals surface area contributed by atoms with Gasteiger partial charge in [0.05, 0.1) is 18.6 Å². The first kappa shape index (κ1) is 15.3. The molecule has 110 valence electrons. The minimum absolute atomic E-state index is 0.0299. The van der Waals surface area contributed by atoms with E-state index in [4.69, 9.17) is 9.47 Å². The molecule has 0 bridgehead atoms. The molecule has 1 aliphatic heterocycles. The van der Waals surface area contributed by atoms with E-state index in [1.54, 1.807) is 0 Å². The first-order valence-corrected chi connectivity index (χ1v) is 7.99. The van der Waals surface area contributed by atoms with Crippen LogP contribution in [0.4, 0.5) is 0 Å². The lowest BCUT2D eigenvalue weighted by Gasteiger charge is -2.36. The van der Waals surface area contributed by atoms with Gasteiger partial charge in [-0.15, -0.1) is 0 Å². The van der Waals surface area contributed by atoms with E-state index in [9.17, 15) is 4.79 Å². The van der Waals surface area contributed by atoms with Crippen LogP contribution >= 0.6 is 15.9 Å². The molecule has 4 nitrogen and oxygen atoms in total. The molecule has 0 atom stereocenters. The van der Waals surface area contributed by atoms with E-state index in [1.807, 2.05) is 30.3 Å². The molecular formula is C15H20BrNO3. The molecule has 1 saturated heterocycles. The van der Waals surface area contributed by atoms with Gasteiger partial charge in [0.2, 0.25) is 5.91 Å². The molecule has 5 heteroatoms. The molecule has 1 heterocycles.